The number of rotatable bonds is 1. The van der Waals surface area contributed by atoms with Crippen LogP contribution in [0.2, 0.25) is 0 Å². The van der Waals surface area contributed by atoms with E-state index >= 15 is 0 Å². The maximum absolute atomic E-state index is 8.86. The highest BCUT2D eigenvalue weighted by Crippen LogP contribution is 2.36. The summed E-state index contributed by atoms with van der Waals surface area (Å²) in [6.07, 6.45) is 0.496. The lowest BCUT2D eigenvalue weighted by Crippen LogP contribution is -2.33. The first kappa shape index (κ1) is 10.7. The average molecular weight is 266 g/mol. The summed E-state index contributed by atoms with van der Waals surface area (Å²) in [6.45, 7) is 3.37. The monoisotopic (exact) mass is 265 g/mol. The van der Waals surface area contributed by atoms with Crippen LogP contribution >= 0.6 is 15.9 Å². The predicted octanol–water partition coefficient (Wildman–Crippen LogP) is 3.15. The normalized spacial score (nSPS) is 24.3. The van der Waals surface area contributed by atoms with Gasteiger partial charge in [-0.3, -0.25) is 0 Å². The minimum absolute atomic E-state index is 0.161. The van der Waals surface area contributed by atoms with Gasteiger partial charge in [-0.05, 0) is 23.3 Å². The van der Waals surface area contributed by atoms with Crippen LogP contribution in [0.3, 0.4) is 0 Å². The second kappa shape index (κ2) is 3.96. The van der Waals surface area contributed by atoms with Crippen molar-refractivity contribution < 1.29 is 4.74 Å². The van der Waals surface area contributed by atoms with Gasteiger partial charge in [0, 0.05) is 16.3 Å². The summed E-state index contributed by atoms with van der Waals surface area (Å²) in [5.74, 6) is 0. The van der Waals surface area contributed by atoms with Crippen LogP contribution in [-0.4, -0.2) is 6.61 Å². The largest absolute Gasteiger partial charge is 0.376 e. The number of nitrogens with zero attached hydrogens (tertiary/aromatic N) is 1. The van der Waals surface area contributed by atoms with Gasteiger partial charge in [-0.25, -0.2) is 0 Å². The van der Waals surface area contributed by atoms with E-state index in [9.17, 15) is 0 Å². The maximum Gasteiger partial charge on any atom is 0.0720 e. The Hall–Kier alpha value is -0.850. The first-order chi connectivity index (χ1) is 7.15. The fourth-order valence-corrected chi connectivity index (χ4v) is 2.38. The summed E-state index contributed by atoms with van der Waals surface area (Å²) in [7, 11) is 0. The van der Waals surface area contributed by atoms with Crippen LogP contribution in [0.5, 0.6) is 0 Å². The Bertz CT molecular complexity index is 424. The second-order valence-corrected chi connectivity index (χ2v) is 5.11. The molecular formula is C12H12BrNO. The molecule has 1 aromatic carbocycles. The minimum atomic E-state index is -0.161. The standard InChI is InChI=1S/C12H12BrNO/c1-12(4-5-14)8-15-7-9-2-3-10(13)6-11(9)12/h2-3,6H,4,7-8H2,1H3. The minimum Gasteiger partial charge on any atom is -0.376 e. The van der Waals surface area contributed by atoms with Crippen LogP contribution in [0.1, 0.15) is 24.5 Å². The SMILES string of the molecule is CC1(CC#N)COCc2ccc(Br)cc21. The molecule has 1 unspecified atom stereocenters. The van der Waals surface area contributed by atoms with E-state index in [1.54, 1.807) is 0 Å². The molecule has 1 heterocycles. The third-order valence-electron chi connectivity index (χ3n) is 2.87. The van der Waals surface area contributed by atoms with Gasteiger partial charge in [0.25, 0.3) is 0 Å². The molecule has 0 aliphatic carbocycles. The van der Waals surface area contributed by atoms with Crippen LogP contribution < -0.4 is 0 Å². The van der Waals surface area contributed by atoms with Crippen LogP contribution in [-0.2, 0) is 16.8 Å². The van der Waals surface area contributed by atoms with Gasteiger partial charge in [0.2, 0.25) is 0 Å². The van der Waals surface area contributed by atoms with Crippen molar-refractivity contribution >= 4 is 15.9 Å². The first-order valence-corrected chi connectivity index (χ1v) is 5.69. The molecule has 0 radical (unpaired) electrons. The quantitative estimate of drug-likeness (QED) is 0.782. The first-order valence-electron chi connectivity index (χ1n) is 4.89. The van der Waals surface area contributed by atoms with Gasteiger partial charge < -0.3 is 4.74 Å². The van der Waals surface area contributed by atoms with Gasteiger partial charge >= 0.3 is 0 Å². The number of fused-ring (bicyclic) bond motifs is 1. The third kappa shape index (κ3) is 1.92. The molecule has 15 heavy (non-hydrogen) atoms. The van der Waals surface area contributed by atoms with Crippen molar-refractivity contribution in [2.75, 3.05) is 6.61 Å². The van der Waals surface area contributed by atoms with Gasteiger partial charge in [0.05, 0.1) is 19.3 Å². The van der Waals surface area contributed by atoms with Crippen molar-refractivity contribution in [2.45, 2.75) is 25.4 Å². The molecule has 0 aromatic heterocycles. The van der Waals surface area contributed by atoms with Crippen LogP contribution in [0.25, 0.3) is 0 Å². The van der Waals surface area contributed by atoms with Gasteiger partial charge in [-0.1, -0.05) is 28.9 Å². The molecule has 0 N–H and O–H groups in total. The van der Waals surface area contributed by atoms with E-state index in [4.69, 9.17) is 10.00 Å². The molecule has 2 rings (SSSR count). The van der Waals surface area contributed by atoms with Crippen molar-refractivity contribution in [3.63, 3.8) is 0 Å². The Morgan fingerprint density at radius 3 is 3.13 bits per heavy atom. The maximum atomic E-state index is 8.86. The number of benzene rings is 1. The van der Waals surface area contributed by atoms with Crippen LogP contribution in [0.15, 0.2) is 22.7 Å². The van der Waals surface area contributed by atoms with E-state index in [0.717, 1.165) is 4.47 Å². The molecule has 3 heteroatoms. The van der Waals surface area contributed by atoms with Gasteiger partial charge in [0.1, 0.15) is 0 Å². The highest BCUT2D eigenvalue weighted by Gasteiger charge is 2.32. The Labute approximate surface area is 98.0 Å². The summed E-state index contributed by atoms with van der Waals surface area (Å²) >= 11 is 3.47. The lowest BCUT2D eigenvalue weighted by atomic mass is 9.77. The highest BCUT2D eigenvalue weighted by atomic mass is 79.9. The molecular weight excluding hydrogens is 254 g/mol. The predicted molar refractivity (Wildman–Crippen MR) is 61.4 cm³/mol. The fourth-order valence-electron chi connectivity index (χ4n) is 2.02. The zero-order chi connectivity index (χ0) is 10.9. The van der Waals surface area contributed by atoms with Gasteiger partial charge in [-0.2, -0.15) is 5.26 Å². The third-order valence-corrected chi connectivity index (χ3v) is 3.36. The Balaban J connectivity index is 2.50. The molecule has 0 bridgehead atoms. The van der Waals surface area contributed by atoms with Crippen molar-refractivity contribution in [1.82, 2.24) is 0 Å². The molecule has 0 spiro atoms. The Morgan fingerprint density at radius 2 is 2.40 bits per heavy atom. The van der Waals surface area contributed by atoms with Crippen LogP contribution in [0.4, 0.5) is 0 Å². The molecule has 1 aromatic rings. The van der Waals surface area contributed by atoms with Crippen molar-refractivity contribution in [2.24, 2.45) is 0 Å². The molecule has 0 fully saturated rings. The second-order valence-electron chi connectivity index (χ2n) is 4.19. The van der Waals surface area contributed by atoms with Crippen LogP contribution in [0, 0.1) is 11.3 Å². The molecule has 1 aliphatic rings. The van der Waals surface area contributed by atoms with Crippen molar-refractivity contribution in [3.05, 3.63) is 33.8 Å². The van der Waals surface area contributed by atoms with E-state index in [1.807, 2.05) is 6.07 Å². The van der Waals surface area contributed by atoms with Gasteiger partial charge in [0.15, 0.2) is 0 Å². The Kier molecular flexibility index (Phi) is 2.81. The van der Waals surface area contributed by atoms with E-state index < -0.39 is 0 Å². The zero-order valence-electron chi connectivity index (χ0n) is 8.59. The highest BCUT2D eigenvalue weighted by molar-refractivity contribution is 9.10. The number of hydrogen-bond acceptors (Lipinski definition) is 2. The number of halogens is 1. The molecule has 1 atom stereocenters. The summed E-state index contributed by atoms with van der Waals surface area (Å²) in [5, 5.41) is 8.86. The number of hydrogen-bond donors (Lipinski definition) is 0. The summed E-state index contributed by atoms with van der Waals surface area (Å²) in [6, 6.07) is 8.43. The van der Waals surface area contributed by atoms with E-state index in [1.165, 1.54) is 11.1 Å². The zero-order valence-corrected chi connectivity index (χ0v) is 10.2. The van der Waals surface area contributed by atoms with Crippen molar-refractivity contribution in [1.29, 1.82) is 5.26 Å². The number of ether oxygens (including phenoxy) is 1. The average Bonchev–Trinajstić information content (AvgIpc) is 2.20. The molecule has 1 aliphatic heterocycles. The summed E-state index contributed by atoms with van der Waals surface area (Å²) in [4.78, 5) is 0. The lowest BCUT2D eigenvalue weighted by Gasteiger charge is -2.34. The van der Waals surface area contributed by atoms with Gasteiger partial charge in [-0.15, -0.1) is 0 Å². The topological polar surface area (TPSA) is 33.0 Å². The number of nitriles is 1. The lowest BCUT2D eigenvalue weighted by molar-refractivity contribution is 0.0591. The van der Waals surface area contributed by atoms with E-state index in [2.05, 4.69) is 41.1 Å². The fraction of sp³-hybridized carbons (Fsp3) is 0.417. The van der Waals surface area contributed by atoms with E-state index in [0.29, 0.717) is 19.6 Å². The smallest absolute Gasteiger partial charge is 0.0720 e. The molecule has 2 nitrogen and oxygen atoms in total. The molecule has 0 amide bonds. The summed E-state index contributed by atoms with van der Waals surface area (Å²) < 4.78 is 6.60. The Morgan fingerprint density at radius 1 is 1.60 bits per heavy atom. The summed E-state index contributed by atoms with van der Waals surface area (Å²) in [5.41, 5.74) is 2.28. The molecule has 0 saturated carbocycles. The van der Waals surface area contributed by atoms with E-state index in [-0.39, 0.29) is 5.41 Å². The van der Waals surface area contributed by atoms with Crippen molar-refractivity contribution in [3.8, 4) is 6.07 Å². The molecule has 0 saturated heterocycles. The molecule has 78 valence electrons.